The average molecular weight is 242 g/mol. The smallest absolute Gasteiger partial charge is 0.203 e. The molecule has 1 rings (SSSR count). The lowest BCUT2D eigenvalue weighted by molar-refractivity contribution is 0.192. The Balaban J connectivity index is 3.26. The number of hydrogen-bond donors (Lipinski definition) is 2. The van der Waals surface area contributed by atoms with Crippen molar-refractivity contribution < 1.29 is 24.4 Å². The van der Waals surface area contributed by atoms with E-state index in [1.165, 1.54) is 21.3 Å². The van der Waals surface area contributed by atoms with Crippen molar-refractivity contribution in [3.8, 4) is 17.2 Å². The van der Waals surface area contributed by atoms with Gasteiger partial charge in [0.1, 0.15) is 0 Å². The molecule has 2 N–H and O–H groups in total. The van der Waals surface area contributed by atoms with Gasteiger partial charge in [0.2, 0.25) is 5.75 Å². The van der Waals surface area contributed by atoms with Crippen LogP contribution >= 0.6 is 0 Å². The summed E-state index contributed by atoms with van der Waals surface area (Å²) >= 11 is 0. The van der Waals surface area contributed by atoms with Gasteiger partial charge < -0.3 is 24.4 Å². The quantitative estimate of drug-likeness (QED) is 0.771. The van der Waals surface area contributed by atoms with Gasteiger partial charge in [0.05, 0.1) is 34.5 Å². The number of aliphatic hydroxyl groups excluding tert-OH is 2. The van der Waals surface area contributed by atoms with Gasteiger partial charge in [-0.25, -0.2) is 0 Å². The molecule has 0 atom stereocenters. The van der Waals surface area contributed by atoms with Crippen LogP contribution in [0.3, 0.4) is 0 Å². The zero-order valence-corrected chi connectivity index (χ0v) is 10.3. The Morgan fingerprint density at radius 2 is 1.41 bits per heavy atom. The molecular weight excluding hydrogens is 224 g/mol. The van der Waals surface area contributed by atoms with Gasteiger partial charge in [0.25, 0.3) is 0 Å². The van der Waals surface area contributed by atoms with Crippen molar-refractivity contribution in [2.75, 3.05) is 34.5 Å². The molecule has 96 valence electrons. The second kappa shape index (κ2) is 6.32. The Morgan fingerprint density at radius 1 is 0.941 bits per heavy atom. The molecule has 5 nitrogen and oxygen atoms in total. The molecule has 0 saturated heterocycles. The van der Waals surface area contributed by atoms with E-state index < -0.39 is 0 Å². The largest absolute Gasteiger partial charge is 0.493 e. The molecule has 0 bridgehead atoms. The molecule has 0 aliphatic rings. The second-order valence-electron chi connectivity index (χ2n) is 3.52. The van der Waals surface area contributed by atoms with Crippen LogP contribution in [0, 0.1) is 0 Å². The van der Waals surface area contributed by atoms with E-state index in [-0.39, 0.29) is 19.1 Å². The maximum Gasteiger partial charge on any atom is 0.203 e. The minimum Gasteiger partial charge on any atom is -0.493 e. The predicted octanol–water partition coefficient (Wildman–Crippen LogP) is 0.781. The third-order valence-electron chi connectivity index (χ3n) is 2.60. The minimum atomic E-state index is -0.358. The molecule has 0 radical (unpaired) electrons. The fourth-order valence-corrected chi connectivity index (χ4v) is 1.61. The topological polar surface area (TPSA) is 68.2 Å². The number of benzene rings is 1. The highest BCUT2D eigenvalue weighted by Gasteiger charge is 2.17. The maximum absolute atomic E-state index is 9.16. The first-order chi connectivity index (χ1) is 8.21. The van der Waals surface area contributed by atoms with Gasteiger partial charge in [-0.1, -0.05) is 0 Å². The minimum absolute atomic E-state index is 0.144. The lowest BCUT2D eigenvalue weighted by Gasteiger charge is -2.17. The van der Waals surface area contributed by atoms with Gasteiger partial charge in [0, 0.05) is 5.92 Å². The highest BCUT2D eigenvalue weighted by Crippen LogP contribution is 2.39. The van der Waals surface area contributed by atoms with Crippen molar-refractivity contribution in [1.82, 2.24) is 0 Å². The van der Waals surface area contributed by atoms with Crippen LogP contribution in [0.1, 0.15) is 11.5 Å². The van der Waals surface area contributed by atoms with Crippen LogP contribution in [0.25, 0.3) is 0 Å². The van der Waals surface area contributed by atoms with Crippen molar-refractivity contribution >= 4 is 0 Å². The summed E-state index contributed by atoms with van der Waals surface area (Å²) in [6, 6.07) is 3.44. The summed E-state index contributed by atoms with van der Waals surface area (Å²) in [6.07, 6.45) is 0. The Hall–Kier alpha value is -1.46. The number of hydrogen-bond acceptors (Lipinski definition) is 5. The van der Waals surface area contributed by atoms with Gasteiger partial charge in [0.15, 0.2) is 11.5 Å². The Bertz CT molecular complexity index is 335. The maximum atomic E-state index is 9.16. The summed E-state index contributed by atoms with van der Waals surface area (Å²) in [7, 11) is 4.57. The number of aliphatic hydroxyl groups is 2. The van der Waals surface area contributed by atoms with Gasteiger partial charge in [-0.2, -0.15) is 0 Å². The molecule has 1 aromatic rings. The number of ether oxygens (including phenoxy) is 3. The molecule has 0 spiro atoms. The highest BCUT2D eigenvalue weighted by atomic mass is 16.5. The van der Waals surface area contributed by atoms with Crippen LogP contribution < -0.4 is 14.2 Å². The van der Waals surface area contributed by atoms with E-state index in [4.69, 9.17) is 24.4 Å². The number of rotatable bonds is 6. The van der Waals surface area contributed by atoms with Crippen molar-refractivity contribution in [3.05, 3.63) is 17.7 Å². The summed E-state index contributed by atoms with van der Waals surface area (Å²) in [6.45, 7) is -0.287. The van der Waals surface area contributed by atoms with E-state index in [9.17, 15) is 0 Å². The van der Waals surface area contributed by atoms with Gasteiger partial charge >= 0.3 is 0 Å². The van der Waals surface area contributed by atoms with E-state index in [1.54, 1.807) is 12.1 Å². The monoisotopic (exact) mass is 242 g/mol. The molecule has 0 heterocycles. The molecule has 0 saturated carbocycles. The normalized spacial score (nSPS) is 10.5. The standard InChI is InChI=1S/C12H18O5/c1-15-10-4-8(9(6-13)7-14)5-11(16-2)12(10)17-3/h4-5,9,13-14H,6-7H2,1-3H3. The van der Waals surface area contributed by atoms with E-state index in [2.05, 4.69) is 0 Å². The first-order valence-electron chi connectivity index (χ1n) is 5.23. The SMILES string of the molecule is COc1cc(C(CO)CO)cc(OC)c1OC. The summed E-state index contributed by atoms with van der Waals surface area (Å²) < 4.78 is 15.6. The van der Waals surface area contributed by atoms with Gasteiger partial charge in [-0.15, -0.1) is 0 Å². The third kappa shape index (κ3) is 2.81. The van der Waals surface area contributed by atoms with Crippen LogP contribution in [0.5, 0.6) is 17.2 Å². The van der Waals surface area contributed by atoms with Crippen LogP contribution in [-0.4, -0.2) is 44.8 Å². The molecule has 0 fully saturated rings. The lowest BCUT2D eigenvalue weighted by Crippen LogP contribution is -2.09. The molecular formula is C12H18O5. The van der Waals surface area contributed by atoms with Crippen LogP contribution in [0.15, 0.2) is 12.1 Å². The predicted molar refractivity (Wildman–Crippen MR) is 63.0 cm³/mol. The zero-order chi connectivity index (χ0) is 12.8. The molecule has 0 aliphatic carbocycles. The first kappa shape index (κ1) is 13.6. The summed E-state index contributed by atoms with van der Waals surface area (Å²) in [5.41, 5.74) is 0.740. The lowest BCUT2D eigenvalue weighted by atomic mass is 10.00. The van der Waals surface area contributed by atoms with E-state index in [0.29, 0.717) is 17.2 Å². The molecule has 0 aliphatic heterocycles. The van der Waals surface area contributed by atoms with Crippen LogP contribution in [0.2, 0.25) is 0 Å². The Labute approximate surface area is 101 Å². The molecule has 1 aromatic carbocycles. The first-order valence-corrected chi connectivity index (χ1v) is 5.23. The highest BCUT2D eigenvalue weighted by molar-refractivity contribution is 5.54. The van der Waals surface area contributed by atoms with E-state index >= 15 is 0 Å². The molecule has 0 unspecified atom stereocenters. The zero-order valence-electron chi connectivity index (χ0n) is 10.3. The van der Waals surface area contributed by atoms with Crippen molar-refractivity contribution in [2.24, 2.45) is 0 Å². The van der Waals surface area contributed by atoms with Crippen molar-refractivity contribution in [2.45, 2.75) is 5.92 Å². The van der Waals surface area contributed by atoms with E-state index in [0.717, 1.165) is 5.56 Å². The molecule has 0 aromatic heterocycles. The number of methoxy groups -OCH3 is 3. The molecule has 0 amide bonds. The average Bonchev–Trinajstić information content (AvgIpc) is 2.38. The Kier molecular flexibility index (Phi) is 5.06. The summed E-state index contributed by atoms with van der Waals surface area (Å²) in [4.78, 5) is 0. The van der Waals surface area contributed by atoms with Crippen molar-refractivity contribution in [1.29, 1.82) is 0 Å². The third-order valence-corrected chi connectivity index (χ3v) is 2.60. The Morgan fingerprint density at radius 3 is 1.71 bits per heavy atom. The second-order valence-corrected chi connectivity index (χ2v) is 3.52. The van der Waals surface area contributed by atoms with Gasteiger partial charge in [-0.05, 0) is 17.7 Å². The van der Waals surface area contributed by atoms with E-state index in [1.807, 2.05) is 0 Å². The van der Waals surface area contributed by atoms with Gasteiger partial charge in [-0.3, -0.25) is 0 Å². The fourth-order valence-electron chi connectivity index (χ4n) is 1.61. The summed E-state index contributed by atoms with van der Waals surface area (Å²) in [5, 5.41) is 18.3. The fraction of sp³-hybridized carbons (Fsp3) is 0.500. The summed E-state index contributed by atoms with van der Waals surface area (Å²) in [5.74, 6) is 1.15. The van der Waals surface area contributed by atoms with Crippen molar-refractivity contribution in [3.63, 3.8) is 0 Å². The molecule has 5 heteroatoms. The van der Waals surface area contributed by atoms with Crippen LogP contribution in [0.4, 0.5) is 0 Å². The van der Waals surface area contributed by atoms with Crippen LogP contribution in [-0.2, 0) is 0 Å². The molecule has 17 heavy (non-hydrogen) atoms.